The largest absolute Gasteiger partial charge is 0.456 e. The lowest BCUT2D eigenvalue weighted by atomic mass is 9.68. The normalized spacial score (nSPS) is 15.4. The van der Waals surface area contributed by atoms with Crippen molar-refractivity contribution in [1.29, 1.82) is 0 Å². The van der Waals surface area contributed by atoms with Crippen molar-refractivity contribution >= 4 is 33.6 Å². The monoisotopic (exact) mass is 791 g/mol. The molecule has 0 amide bonds. The first-order valence-corrected chi connectivity index (χ1v) is 21.3. The smallest absolute Gasteiger partial charge is 0.159 e. The summed E-state index contributed by atoms with van der Waals surface area (Å²) in [6.45, 7) is 0. The van der Waals surface area contributed by atoms with Gasteiger partial charge < -0.3 is 9.73 Å². The Hall–Kier alpha value is -8.08. The van der Waals surface area contributed by atoms with Crippen LogP contribution in [0, 0.1) is 0 Å². The zero-order chi connectivity index (χ0) is 40.8. The second-order valence-electron chi connectivity index (χ2n) is 16.4. The fourth-order valence-corrected chi connectivity index (χ4v) is 10.6. The highest BCUT2D eigenvalue weighted by atomic mass is 16.3. The van der Waals surface area contributed by atoms with Crippen molar-refractivity contribution in [2.75, 3.05) is 0 Å². The van der Waals surface area contributed by atoms with Crippen LogP contribution in [0.3, 0.4) is 0 Å². The van der Waals surface area contributed by atoms with Gasteiger partial charge in [-0.25, -0.2) is 9.98 Å². The molecule has 0 fully saturated rings. The van der Waals surface area contributed by atoms with Gasteiger partial charge in [0.1, 0.15) is 23.2 Å². The minimum atomic E-state index is -0.462. The van der Waals surface area contributed by atoms with E-state index in [1.165, 1.54) is 55.6 Å². The summed E-state index contributed by atoms with van der Waals surface area (Å²) in [5, 5.41) is 5.79. The molecular formula is C58H37N3O. The van der Waals surface area contributed by atoms with Crippen LogP contribution >= 0.6 is 0 Å². The summed E-state index contributed by atoms with van der Waals surface area (Å²) in [6, 6.07) is 76.2. The van der Waals surface area contributed by atoms with Crippen molar-refractivity contribution < 1.29 is 4.42 Å². The third-order valence-corrected chi connectivity index (χ3v) is 13.2. The van der Waals surface area contributed by atoms with Crippen molar-refractivity contribution in [1.82, 2.24) is 5.32 Å². The molecule has 62 heavy (non-hydrogen) atoms. The van der Waals surface area contributed by atoms with Gasteiger partial charge >= 0.3 is 0 Å². The van der Waals surface area contributed by atoms with E-state index < -0.39 is 5.41 Å². The first-order valence-electron chi connectivity index (χ1n) is 21.3. The lowest BCUT2D eigenvalue weighted by Crippen LogP contribution is -2.33. The molecule has 2 heterocycles. The fraction of sp³-hybridized carbons (Fsp3) is 0.0345. The molecule has 13 rings (SSSR count). The standard InChI is InChI=1S/C58H37N3O/c1-3-15-36(16-4-1)37-29-31-39(32-30-37)56-59-55(38-17-5-2-6-18-38)60-57(61-56)46-24-14-28-52-53(46)47-35-40(33-34-51(47)62-52)41-22-13-23-45-44-21-9-12-27-50(44)58(54(41)45)48-25-10-7-19-42(48)43-20-8-11-26-49(43)58/h1-35,55H,(H,59,60,61). The molecular weight excluding hydrogens is 755 g/mol. The molecule has 10 aromatic rings. The van der Waals surface area contributed by atoms with Gasteiger partial charge in [-0.2, -0.15) is 0 Å². The van der Waals surface area contributed by atoms with Crippen LogP contribution < -0.4 is 5.32 Å². The molecule has 0 radical (unpaired) electrons. The summed E-state index contributed by atoms with van der Waals surface area (Å²) in [5.41, 5.74) is 19.3. The van der Waals surface area contributed by atoms with Crippen LogP contribution in [0.4, 0.5) is 0 Å². The van der Waals surface area contributed by atoms with Gasteiger partial charge in [-0.1, -0.05) is 194 Å². The van der Waals surface area contributed by atoms with Gasteiger partial charge in [0.15, 0.2) is 5.84 Å². The highest BCUT2D eigenvalue weighted by molar-refractivity contribution is 6.22. The van der Waals surface area contributed by atoms with Gasteiger partial charge in [0.25, 0.3) is 0 Å². The van der Waals surface area contributed by atoms with E-state index in [4.69, 9.17) is 14.4 Å². The second kappa shape index (κ2) is 13.5. The SMILES string of the molecule is c1ccc(-c2ccc(C3=NC(c4ccccc4)NC(c4cccc5oc6ccc(-c7cccc8c7C7(c9ccccc9-c9ccccc97)c7ccccc7-8)cc6c45)=N3)cc2)cc1. The van der Waals surface area contributed by atoms with Gasteiger partial charge in [-0.05, 0) is 90.5 Å². The number of benzene rings is 9. The molecule has 1 N–H and O–H groups in total. The molecule has 3 aliphatic rings. The van der Waals surface area contributed by atoms with Gasteiger partial charge in [0.2, 0.25) is 0 Å². The summed E-state index contributed by atoms with van der Waals surface area (Å²) in [5.74, 6) is 1.43. The average molecular weight is 792 g/mol. The van der Waals surface area contributed by atoms with Crippen LogP contribution in [0.2, 0.25) is 0 Å². The van der Waals surface area contributed by atoms with Crippen LogP contribution in [0.1, 0.15) is 45.1 Å². The Labute approximate surface area is 359 Å². The van der Waals surface area contributed by atoms with Crippen LogP contribution in [-0.4, -0.2) is 11.7 Å². The van der Waals surface area contributed by atoms with E-state index in [9.17, 15) is 0 Å². The minimum absolute atomic E-state index is 0.335. The van der Waals surface area contributed by atoms with E-state index in [1.807, 2.05) is 12.1 Å². The first kappa shape index (κ1) is 34.8. The number of amidine groups is 2. The lowest BCUT2D eigenvalue weighted by Gasteiger charge is -2.32. The molecule has 1 aromatic heterocycles. The number of nitrogens with zero attached hydrogens (tertiary/aromatic N) is 2. The third-order valence-electron chi connectivity index (χ3n) is 13.2. The molecule has 0 saturated heterocycles. The van der Waals surface area contributed by atoms with E-state index in [0.29, 0.717) is 5.84 Å². The molecule has 290 valence electrons. The molecule has 1 spiro atoms. The quantitative estimate of drug-likeness (QED) is 0.189. The topological polar surface area (TPSA) is 49.9 Å². The predicted octanol–water partition coefficient (Wildman–Crippen LogP) is 13.8. The Bertz CT molecular complexity index is 3430. The maximum Gasteiger partial charge on any atom is 0.159 e. The summed E-state index contributed by atoms with van der Waals surface area (Å²) >= 11 is 0. The Balaban J connectivity index is 0.994. The average Bonchev–Trinajstić information content (AvgIpc) is 3.98. The van der Waals surface area contributed by atoms with Gasteiger partial charge in [0, 0.05) is 21.9 Å². The van der Waals surface area contributed by atoms with Crippen molar-refractivity contribution in [3.05, 3.63) is 251 Å². The third kappa shape index (κ3) is 5.01. The number of nitrogens with one attached hydrogen (secondary N) is 1. The van der Waals surface area contributed by atoms with Crippen LogP contribution in [0.25, 0.3) is 66.4 Å². The number of fused-ring (bicyclic) bond motifs is 13. The highest BCUT2D eigenvalue weighted by Crippen LogP contribution is 2.64. The number of aliphatic imine (C=N–C) groups is 2. The summed E-state index contributed by atoms with van der Waals surface area (Å²) < 4.78 is 6.67. The maximum atomic E-state index is 6.67. The molecule has 0 bridgehead atoms. The zero-order valence-corrected chi connectivity index (χ0v) is 33.6. The molecule has 1 atom stereocenters. The van der Waals surface area contributed by atoms with Gasteiger partial charge in [0.05, 0.1) is 5.41 Å². The predicted molar refractivity (Wildman–Crippen MR) is 253 cm³/mol. The van der Waals surface area contributed by atoms with E-state index in [1.54, 1.807) is 0 Å². The molecule has 2 aliphatic carbocycles. The lowest BCUT2D eigenvalue weighted by molar-refractivity contribution is 0.667. The van der Waals surface area contributed by atoms with Gasteiger partial charge in [-0.3, -0.25) is 0 Å². The number of furan rings is 1. The van der Waals surface area contributed by atoms with Crippen LogP contribution in [-0.2, 0) is 5.41 Å². The summed E-state index contributed by atoms with van der Waals surface area (Å²) in [7, 11) is 0. The van der Waals surface area contributed by atoms with E-state index >= 15 is 0 Å². The molecule has 1 unspecified atom stereocenters. The Kier molecular flexibility index (Phi) is 7.55. The number of hydrogen-bond acceptors (Lipinski definition) is 4. The highest BCUT2D eigenvalue weighted by Gasteiger charge is 2.52. The van der Waals surface area contributed by atoms with Crippen molar-refractivity contribution in [2.24, 2.45) is 9.98 Å². The van der Waals surface area contributed by atoms with E-state index in [2.05, 4.69) is 206 Å². The van der Waals surface area contributed by atoms with E-state index in [0.717, 1.165) is 55.6 Å². The van der Waals surface area contributed by atoms with Crippen molar-refractivity contribution in [2.45, 2.75) is 11.6 Å². The van der Waals surface area contributed by atoms with Crippen LogP contribution in [0.5, 0.6) is 0 Å². The number of rotatable bonds is 5. The summed E-state index contributed by atoms with van der Waals surface area (Å²) in [6.07, 6.45) is -0.335. The fourth-order valence-electron chi connectivity index (χ4n) is 10.6. The zero-order valence-electron chi connectivity index (χ0n) is 33.6. The Morgan fingerprint density at radius 3 is 1.66 bits per heavy atom. The van der Waals surface area contributed by atoms with Crippen molar-refractivity contribution in [3.63, 3.8) is 0 Å². The second-order valence-corrected chi connectivity index (χ2v) is 16.4. The molecule has 0 saturated carbocycles. The van der Waals surface area contributed by atoms with Gasteiger partial charge in [-0.15, -0.1) is 0 Å². The van der Waals surface area contributed by atoms with Crippen LogP contribution in [0.15, 0.2) is 227 Å². The summed E-state index contributed by atoms with van der Waals surface area (Å²) in [4.78, 5) is 10.5. The maximum absolute atomic E-state index is 6.67. The van der Waals surface area contributed by atoms with Crippen molar-refractivity contribution in [3.8, 4) is 44.5 Å². The number of hydrogen-bond donors (Lipinski definition) is 1. The minimum Gasteiger partial charge on any atom is -0.456 e. The van der Waals surface area contributed by atoms with E-state index in [-0.39, 0.29) is 6.17 Å². The molecule has 4 heteroatoms. The Morgan fingerprint density at radius 1 is 0.419 bits per heavy atom. The molecule has 1 aliphatic heterocycles. The Morgan fingerprint density at radius 2 is 0.952 bits per heavy atom. The first-order chi connectivity index (χ1) is 30.7. The molecule has 9 aromatic carbocycles. The molecule has 4 nitrogen and oxygen atoms in total.